The van der Waals surface area contributed by atoms with Crippen molar-refractivity contribution in [2.24, 2.45) is 5.92 Å². The first kappa shape index (κ1) is 19.4. The average molecular weight is 367 g/mol. The van der Waals surface area contributed by atoms with Gasteiger partial charge in [-0.3, -0.25) is 9.88 Å². The molecule has 4 heteroatoms. The summed E-state index contributed by atoms with van der Waals surface area (Å²) in [4.78, 5) is 6.62. The largest absolute Gasteiger partial charge is 0.504 e. The first-order chi connectivity index (χ1) is 13.0. The number of hydrogen-bond donors (Lipinski definition) is 1. The van der Waals surface area contributed by atoms with Crippen LogP contribution in [0.4, 0.5) is 0 Å². The molecule has 1 aromatic heterocycles. The Bertz CT molecular complexity index is 782. The van der Waals surface area contributed by atoms with E-state index in [2.05, 4.69) is 42.8 Å². The minimum Gasteiger partial charge on any atom is -0.504 e. The van der Waals surface area contributed by atoms with Crippen LogP contribution in [-0.4, -0.2) is 34.7 Å². The van der Waals surface area contributed by atoms with Crippen LogP contribution >= 0.6 is 0 Å². The van der Waals surface area contributed by atoms with Gasteiger partial charge in [0.05, 0.1) is 0 Å². The molecule has 1 N–H and O–H groups in total. The standard InChI is InChI=1S/C23H30N2O2/c1-17(2)6-4-7-18(3)15-25-10-11-27-23-21(16-25)12-20(13-22(23)26)19-8-5-9-24-14-19/h5-6,8-9,12-14,18,26H,4,7,10-11,15-16H2,1-3H3/t18-/m0/s1. The number of fused-ring (bicyclic) bond motifs is 1. The zero-order chi connectivity index (χ0) is 19.2. The molecule has 144 valence electrons. The van der Waals surface area contributed by atoms with Gasteiger partial charge in [0.15, 0.2) is 11.5 Å². The van der Waals surface area contributed by atoms with E-state index in [1.165, 1.54) is 12.0 Å². The van der Waals surface area contributed by atoms with E-state index in [4.69, 9.17) is 4.74 Å². The summed E-state index contributed by atoms with van der Waals surface area (Å²) in [6.45, 7) is 9.94. The maximum atomic E-state index is 10.5. The average Bonchev–Trinajstić information content (AvgIpc) is 2.84. The van der Waals surface area contributed by atoms with E-state index < -0.39 is 0 Å². The van der Waals surface area contributed by atoms with Gasteiger partial charge in [-0.2, -0.15) is 0 Å². The molecule has 1 aliphatic heterocycles. The van der Waals surface area contributed by atoms with E-state index in [9.17, 15) is 5.11 Å². The molecule has 0 unspecified atom stereocenters. The van der Waals surface area contributed by atoms with E-state index >= 15 is 0 Å². The van der Waals surface area contributed by atoms with Crippen LogP contribution < -0.4 is 4.74 Å². The molecule has 1 aromatic carbocycles. The summed E-state index contributed by atoms with van der Waals surface area (Å²) in [5.74, 6) is 1.46. The fourth-order valence-electron chi connectivity index (χ4n) is 3.60. The third-order valence-electron chi connectivity index (χ3n) is 4.97. The van der Waals surface area contributed by atoms with E-state index in [0.29, 0.717) is 18.3 Å². The number of hydrogen-bond acceptors (Lipinski definition) is 4. The summed E-state index contributed by atoms with van der Waals surface area (Å²) >= 11 is 0. The van der Waals surface area contributed by atoms with E-state index in [-0.39, 0.29) is 5.75 Å². The van der Waals surface area contributed by atoms with Gasteiger partial charge in [-0.05, 0) is 56.4 Å². The highest BCUT2D eigenvalue weighted by Crippen LogP contribution is 2.37. The number of allylic oxidation sites excluding steroid dienone is 2. The molecular weight excluding hydrogens is 336 g/mol. The Morgan fingerprint density at radius 2 is 2.19 bits per heavy atom. The fraction of sp³-hybridized carbons (Fsp3) is 0.435. The van der Waals surface area contributed by atoms with Crippen molar-refractivity contribution in [1.82, 2.24) is 9.88 Å². The number of pyridine rings is 1. The molecule has 0 bridgehead atoms. The number of phenols is 1. The molecule has 0 fully saturated rings. The number of phenolic OH excluding ortho intramolecular Hbond substituents is 1. The molecule has 3 rings (SSSR count). The van der Waals surface area contributed by atoms with Gasteiger partial charge < -0.3 is 9.84 Å². The van der Waals surface area contributed by atoms with Crippen LogP contribution in [0.25, 0.3) is 11.1 Å². The SMILES string of the molecule is CC(C)=CCC[C@H](C)CN1CCOc2c(O)cc(-c3cccnc3)cc2C1. The van der Waals surface area contributed by atoms with Crippen molar-refractivity contribution in [2.45, 2.75) is 40.2 Å². The summed E-state index contributed by atoms with van der Waals surface area (Å²) in [6.07, 6.45) is 8.22. The van der Waals surface area contributed by atoms with Crippen LogP contribution in [0.5, 0.6) is 11.5 Å². The summed E-state index contributed by atoms with van der Waals surface area (Å²) in [6, 6.07) is 7.82. The molecule has 0 amide bonds. The number of aromatic hydroxyl groups is 1. The quantitative estimate of drug-likeness (QED) is 0.728. The Hall–Kier alpha value is -2.33. The van der Waals surface area contributed by atoms with Gasteiger partial charge in [-0.25, -0.2) is 0 Å². The molecular formula is C23H30N2O2. The first-order valence-corrected chi connectivity index (χ1v) is 9.77. The number of rotatable bonds is 6. The second-order valence-corrected chi connectivity index (χ2v) is 7.77. The van der Waals surface area contributed by atoms with E-state index in [0.717, 1.165) is 42.7 Å². The minimum atomic E-state index is 0.213. The number of benzene rings is 1. The van der Waals surface area contributed by atoms with Crippen LogP contribution in [0.1, 0.15) is 39.2 Å². The van der Waals surface area contributed by atoms with Crippen molar-refractivity contribution in [2.75, 3.05) is 19.7 Å². The van der Waals surface area contributed by atoms with Crippen molar-refractivity contribution >= 4 is 0 Å². The Balaban J connectivity index is 1.74. The summed E-state index contributed by atoms with van der Waals surface area (Å²) < 4.78 is 5.88. The van der Waals surface area contributed by atoms with Gasteiger partial charge in [0.25, 0.3) is 0 Å². The molecule has 2 heterocycles. The second kappa shape index (κ2) is 9.05. The predicted octanol–water partition coefficient (Wildman–Crippen LogP) is 5.03. The summed E-state index contributed by atoms with van der Waals surface area (Å²) in [7, 11) is 0. The molecule has 0 aliphatic carbocycles. The van der Waals surface area contributed by atoms with Gasteiger partial charge in [-0.15, -0.1) is 0 Å². The third-order valence-corrected chi connectivity index (χ3v) is 4.97. The molecule has 0 saturated carbocycles. The Morgan fingerprint density at radius 3 is 2.93 bits per heavy atom. The lowest BCUT2D eigenvalue weighted by Gasteiger charge is -2.23. The molecule has 1 atom stereocenters. The Morgan fingerprint density at radius 1 is 1.33 bits per heavy atom. The summed E-state index contributed by atoms with van der Waals surface area (Å²) in [5.41, 5.74) is 4.41. The van der Waals surface area contributed by atoms with Crippen molar-refractivity contribution in [3.63, 3.8) is 0 Å². The number of ether oxygens (including phenoxy) is 1. The van der Waals surface area contributed by atoms with Crippen molar-refractivity contribution in [3.05, 3.63) is 53.9 Å². The smallest absolute Gasteiger partial charge is 0.165 e. The van der Waals surface area contributed by atoms with Crippen LogP contribution in [0, 0.1) is 5.92 Å². The topological polar surface area (TPSA) is 45.6 Å². The van der Waals surface area contributed by atoms with Crippen molar-refractivity contribution in [1.29, 1.82) is 0 Å². The monoisotopic (exact) mass is 366 g/mol. The highest BCUT2D eigenvalue weighted by molar-refractivity contribution is 5.68. The predicted molar refractivity (Wildman–Crippen MR) is 110 cm³/mol. The molecule has 27 heavy (non-hydrogen) atoms. The van der Waals surface area contributed by atoms with Crippen LogP contribution in [0.15, 0.2) is 48.3 Å². The zero-order valence-electron chi connectivity index (χ0n) is 16.6. The minimum absolute atomic E-state index is 0.213. The Kier molecular flexibility index (Phi) is 6.51. The van der Waals surface area contributed by atoms with Gasteiger partial charge in [0.2, 0.25) is 0 Å². The van der Waals surface area contributed by atoms with Gasteiger partial charge >= 0.3 is 0 Å². The third kappa shape index (κ3) is 5.33. The second-order valence-electron chi connectivity index (χ2n) is 7.77. The molecule has 1 aliphatic rings. The highest BCUT2D eigenvalue weighted by Gasteiger charge is 2.21. The first-order valence-electron chi connectivity index (χ1n) is 9.77. The molecule has 4 nitrogen and oxygen atoms in total. The molecule has 0 saturated heterocycles. The number of aromatic nitrogens is 1. The highest BCUT2D eigenvalue weighted by atomic mass is 16.5. The number of nitrogens with zero attached hydrogens (tertiary/aromatic N) is 2. The lowest BCUT2D eigenvalue weighted by Crippen LogP contribution is -2.30. The lowest BCUT2D eigenvalue weighted by molar-refractivity contribution is 0.198. The lowest BCUT2D eigenvalue weighted by atomic mass is 10.0. The molecule has 2 aromatic rings. The van der Waals surface area contributed by atoms with Crippen molar-refractivity contribution < 1.29 is 9.84 Å². The van der Waals surface area contributed by atoms with Crippen LogP contribution in [0.3, 0.4) is 0 Å². The van der Waals surface area contributed by atoms with Gasteiger partial charge in [0, 0.05) is 43.2 Å². The summed E-state index contributed by atoms with van der Waals surface area (Å²) in [5, 5.41) is 10.5. The van der Waals surface area contributed by atoms with Crippen LogP contribution in [-0.2, 0) is 6.54 Å². The fourth-order valence-corrected chi connectivity index (χ4v) is 3.60. The maximum absolute atomic E-state index is 10.5. The van der Waals surface area contributed by atoms with E-state index in [1.807, 2.05) is 18.3 Å². The van der Waals surface area contributed by atoms with Crippen LogP contribution in [0.2, 0.25) is 0 Å². The van der Waals surface area contributed by atoms with Crippen molar-refractivity contribution in [3.8, 4) is 22.6 Å². The van der Waals surface area contributed by atoms with E-state index in [1.54, 1.807) is 12.3 Å². The molecule has 0 spiro atoms. The Labute approximate surface area is 162 Å². The maximum Gasteiger partial charge on any atom is 0.165 e. The zero-order valence-corrected chi connectivity index (χ0v) is 16.6. The normalized spacial score (nSPS) is 15.4. The van der Waals surface area contributed by atoms with Gasteiger partial charge in [0.1, 0.15) is 6.61 Å². The molecule has 0 radical (unpaired) electrons. The van der Waals surface area contributed by atoms with Gasteiger partial charge in [-0.1, -0.05) is 24.6 Å².